The number of pyridine rings is 1. The van der Waals surface area contributed by atoms with Crippen molar-refractivity contribution in [1.82, 2.24) is 4.98 Å². The third-order valence-electron chi connectivity index (χ3n) is 4.90. The van der Waals surface area contributed by atoms with Crippen LogP contribution in [0, 0.1) is 5.82 Å². The van der Waals surface area contributed by atoms with Gasteiger partial charge in [0.15, 0.2) is 11.5 Å². The van der Waals surface area contributed by atoms with E-state index >= 15 is 0 Å². The van der Waals surface area contributed by atoms with Crippen molar-refractivity contribution in [1.29, 1.82) is 0 Å². The molecule has 1 atom stereocenters. The second kappa shape index (κ2) is 10.5. The van der Waals surface area contributed by atoms with Crippen molar-refractivity contribution in [3.05, 3.63) is 75.1 Å². The number of hydrogen-bond acceptors (Lipinski definition) is 6. The van der Waals surface area contributed by atoms with Crippen LogP contribution in [0.2, 0.25) is 10.0 Å². The average molecular weight is 479 g/mol. The maximum absolute atomic E-state index is 13.2. The molecule has 1 heterocycles. The van der Waals surface area contributed by atoms with E-state index in [1.165, 1.54) is 32.5 Å². The van der Waals surface area contributed by atoms with E-state index in [0.29, 0.717) is 41.1 Å². The van der Waals surface area contributed by atoms with E-state index in [4.69, 9.17) is 43.1 Å². The number of nitrogen functional groups attached to an aromatic ring is 1. The molecule has 1 unspecified atom stereocenters. The summed E-state index contributed by atoms with van der Waals surface area (Å²) >= 11 is 12.7. The SMILES string of the molecule is COc1ccc(C(C=O)c2c(Cl)cnc(N)c2Cl)c(OCCc2ccc(F)cc2)c1OC. The van der Waals surface area contributed by atoms with Crippen LogP contribution in [0.1, 0.15) is 22.6 Å². The number of halogens is 3. The lowest BCUT2D eigenvalue weighted by atomic mass is 9.91. The number of ether oxygens (including phenoxy) is 3. The van der Waals surface area contributed by atoms with Crippen LogP contribution in [0.5, 0.6) is 17.2 Å². The Morgan fingerprint density at radius 1 is 1.09 bits per heavy atom. The number of rotatable bonds is 9. The third-order valence-corrected chi connectivity index (χ3v) is 5.60. The molecule has 0 aliphatic rings. The van der Waals surface area contributed by atoms with E-state index < -0.39 is 5.92 Å². The molecule has 0 aliphatic carbocycles. The van der Waals surface area contributed by atoms with Gasteiger partial charge < -0.3 is 24.7 Å². The van der Waals surface area contributed by atoms with Gasteiger partial charge in [-0.3, -0.25) is 0 Å². The predicted octanol–water partition coefficient (Wildman–Crippen LogP) is 5.08. The number of anilines is 1. The lowest BCUT2D eigenvalue weighted by Crippen LogP contribution is -2.12. The first-order chi connectivity index (χ1) is 15.4. The Kier molecular flexibility index (Phi) is 7.77. The largest absolute Gasteiger partial charge is 0.493 e. The van der Waals surface area contributed by atoms with Crippen molar-refractivity contribution in [2.24, 2.45) is 0 Å². The summed E-state index contributed by atoms with van der Waals surface area (Å²) in [5, 5.41) is 0.273. The topological polar surface area (TPSA) is 83.7 Å². The van der Waals surface area contributed by atoms with Crippen molar-refractivity contribution in [3.63, 3.8) is 0 Å². The van der Waals surface area contributed by atoms with E-state index in [9.17, 15) is 9.18 Å². The summed E-state index contributed by atoms with van der Waals surface area (Å²) in [5.74, 6) is -0.133. The van der Waals surface area contributed by atoms with Gasteiger partial charge >= 0.3 is 0 Å². The molecule has 6 nitrogen and oxygen atoms in total. The first kappa shape index (κ1) is 23.6. The van der Waals surface area contributed by atoms with Crippen molar-refractivity contribution in [3.8, 4) is 17.2 Å². The number of benzene rings is 2. The highest BCUT2D eigenvalue weighted by Gasteiger charge is 2.28. The van der Waals surface area contributed by atoms with E-state index in [2.05, 4.69) is 4.98 Å². The van der Waals surface area contributed by atoms with Crippen molar-refractivity contribution >= 4 is 35.3 Å². The number of carbonyl (C=O) groups is 1. The third kappa shape index (κ3) is 4.89. The van der Waals surface area contributed by atoms with Crippen molar-refractivity contribution in [2.75, 3.05) is 26.6 Å². The first-order valence-electron chi connectivity index (χ1n) is 9.58. The number of nitrogens with two attached hydrogens (primary N) is 1. The quantitative estimate of drug-likeness (QED) is 0.431. The molecule has 0 bridgehead atoms. The molecular formula is C23H21Cl2FN2O4. The normalized spacial score (nSPS) is 11.7. The predicted molar refractivity (Wildman–Crippen MR) is 122 cm³/mol. The monoisotopic (exact) mass is 478 g/mol. The fourth-order valence-electron chi connectivity index (χ4n) is 3.31. The molecule has 0 amide bonds. The Morgan fingerprint density at radius 2 is 1.81 bits per heavy atom. The van der Waals surface area contributed by atoms with Crippen LogP contribution in [0.3, 0.4) is 0 Å². The highest BCUT2D eigenvalue weighted by molar-refractivity contribution is 6.37. The summed E-state index contributed by atoms with van der Waals surface area (Å²) in [6, 6.07) is 9.45. The average Bonchev–Trinajstić information content (AvgIpc) is 2.80. The molecule has 0 spiro atoms. The zero-order chi connectivity index (χ0) is 23.3. The fourth-order valence-corrected chi connectivity index (χ4v) is 3.88. The Labute approximate surface area is 195 Å². The lowest BCUT2D eigenvalue weighted by Gasteiger charge is -2.22. The van der Waals surface area contributed by atoms with Crippen LogP contribution in [0.15, 0.2) is 42.6 Å². The summed E-state index contributed by atoms with van der Waals surface area (Å²) in [5.41, 5.74) is 7.49. The lowest BCUT2D eigenvalue weighted by molar-refractivity contribution is -0.108. The van der Waals surface area contributed by atoms with Gasteiger partial charge in [0, 0.05) is 23.7 Å². The smallest absolute Gasteiger partial charge is 0.203 e. The van der Waals surface area contributed by atoms with Gasteiger partial charge in [0.25, 0.3) is 0 Å². The summed E-state index contributed by atoms with van der Waals surface area (Å²) in [4.78, 5) is 16.1. The van der Waals surface area contributed by atoms with Gasteiger partial charge in [-0.15, -0.1) is 0 Å². The van der Waals surface area contributed by atoms with Crippen LogP contribution < -0.4 is 19.9 Å². The van der Waals surface area contributed by atoms with Gasteiger partial charge in [-0.2, -0.15) is 0 Å². The molecule has 0 aliphatic heterocycles. The second-order valence-corrected chi connectivity index (χ2v) is 7.56. The van der Waals surface area contributed by atoms with Crippen molar-refractivity contribution in [2.45, 2.75) is 12.3 Å². The molecule has 1 aromatic heterocycles. The standard InChI is InChI=1S/C23H21Cl2FN2O4/c1-30-18-8-7-15(16(12-29)19-17(24)11-28-23(27)20(19)25)21(22(18)31-2)32-10-9-13-3-5-14(26)6-4-13/h3-8,11-12,16H,9-10H2,1-2H3,(H2,27,28). The van der Waals surface area contributed by atoms with E-state index in [-0.39, 0.29) is 28.3 Å². The zero-order valence-electron chi connectivity index (χ0n) is 17.4. The number of hydrogen-bond donors (Lipinski definition) is 1. The molecule has 0 radical (unpaired) electrons. The number of methoxy groups -OCH3 is 2. The fraction of sp³-hybridized carbons (Fsp3) is 0.217. The van der Waals surface area contributed by atoms with Gasteiger partial charge in [0.05, 0.1) is 36.8 Å². The minimum atomic E-state index is -0.902. The minimum absolute atomic E-state index is 0.0529. The van der Waals surface area contributed by atoms with Crippen LogP contribution in [0.4, 0.5) is 10.2 Å². The summed E-state index contributed by atoms with van der Waals surface area (Å²) < 4.78 is 30.1. The Hall–Kier alpha value is -3.03. The van der Waals surface area contributed by atoms with Gasteiger partial charge in [0.1, 0.15) is 17.9 Å². The molecular weight excluding hydrogens is 458 g/mol. The Balaban J connectivity index is 2.04. The molecule has 168 valence electrons. The number of nitrogens with zero attached hydrogens (tertiary/aromatic N) is 1. The maximum Gasteiger partial charge on any atom is 0.203 e. The molecule has 0 saturated heterocycles. The van der Waals surface area contributed by atoms with Crippen molar-refractivity contribution < 1.29 is 23.4 Å². The molecule has 2 aromatic carbocycles. The van der Waals surface area contributed by atoms with Crippen LogP contribution >= 0.6 is 23.2 Å². The minimum Gasteiger partial charge on any atom is -0.493 e. The van der Waals surface area contributed by atoms with Crippen LogP contribution in [-0.4, -0.2) is 32.1 Å². The van der Waals surface area contributed by atoms with Gasteiger partial charge in [-0.05, 0) is 23.8 Å². The molecule has 3 aromatic rings. The molecule has 3 rings (SSSR count). The zero-order valence-corrected chi connectivity index (χ0v) is 18.9. The van der Waals surface area contributed by atoms with E-state index in [1.54, 1.807) is 24.3 Å². The van der Waals surface area contributed by atoms with Gasteiger partial charge in [-0.1, -0.05) is 41.4 Å². The van der Waals surface area contributed by atoms with E-state index in [0.717, 1.165) is 5.56 Å². The Morgan fingerprint density at radius 3 is 2.44 bits per heavy atom. The number of aldehydes is 1. The summed E-state index contributed by atoms with van der Waals surface area (Å²) in [6.45, 7) is 0.230. The summed E-state index contributed by atoms with van der Waals surface area (Å²) in [6.07, 6.45) is 2.53. The van der Waals surface area contributed by atoms with Crippen LogP contribution in [-0.2, 0) is 11.2 Å². The summed E-state index contributed by atoms with van der Waals surface area (Å²) in [7, 11) is 2.96. The molecule has 9 heteroatoms. The van der Waals surface area contributed by atoms with Crippen LogP contribution in [0.25, 0.3) is 0 Å². The number of aromatic nitrogens is 1. The molecule has 0 saturated carbocycles. The molecule has 2 N–H and O–H groups in total. The number of carbonyl (C=O) groups excluding carboxylic acids is 1. The van der Waals surface area contributed by atoms with Gasteiger partial charge in [-0.25, -0.2) is 9.37 Å². The second-order valence-electron chi connectivity index (χ2n) is 6.78. The Bertz CT molecular complexity index is 1110. The molecule has 32 heavy (non-hydrogen) atoms. The highest BCUT2D eigenvalue weighted by atomic mass is 35.5. The maximum atomic E-state index is 13.2. The first-order valence-corrected chi connectivity index (χ1v) is 10.3. The van der Waals surface area contributed by atoms with E-state index in [1.807, 2.05) is 0 Å². The van der Waals surface area contributed by atoms with Gasteiger partial charge in [0.2, 0.25) is 5.75 Å². The highest BCUT2D eigenvalue weighted by Crippen LogP contribution is 2.46. The molecule has 0 fully saturated rings.